The van der Waals surface area contributed by atoms with Crippen molar-refractivity contribution in [2.75, 3.05) is 0 Å². The fraction of sp³-hybridized carbons (Fsp3) is 0.308. The molecule has 0 aliphatic rings. The molecule has 1 aromatic heterocycles. The van der Waals surface area contributed by atoms with E-state index in [1.54, 1.807) is 12.1 Å². The number of benzene rings is 1. The Bertz CT molecular complexity index is 532. The quantitative estimate of drug-likeness (QED) is 0.893. The number of phenolic OH excluding ortho intramolecular Hbond substituents is 1. The molecule has 0 amide bonds. The first-order valence-electron chi connectivity index (χ1n) is 5.68. The Morgan fingerprint density at radius 1 is 1.33 bits per heavy atom. The molecule has 0 spiro atoms. The fourth-order valence-corrected chi connectivity index (χ4v) is 1.82. The van der Waals surface area contributed by atoms with E-state index in [4.69, 9.17) is 16.0 Å². The first kappa shape index (κ1) is 12.9. The van der Waals surface area contributed by atoms with E-state index in [-0.39, 0.29) is 5.75 Å². The van der Waals surface area contributed by atoms with Crippen LogP contribution in [0.15, 0.2) is 22.6 Å². The number of hydrogen-bond acceptors (Lipinski definition) is 4. The average molecular weight is 267 g/mol. The van der Waals surface area contributed by atoms with E-state index >= 15 is 0 Å². The summed E-state index contributed by atoms with van der Waals surface area (Å²) in [7, 11) is 0. The number of nitrogens with one attached hydrogen (secondary N) is 1. The average Bonchev–Trinajstić information content (AvgIpc) is 2.64. The summed E-state index contributed by atoms with van der Waals surface area (Å²) in [6.45, 7) is 4.81. The van der Waals surface area contributed by atoms with Gasteiger partial charge in [0.1, 0.15) is 11.5 Å². The van der Waals surface area contributed by atoms with Gasteiger partial charge in [-0.3, -0.25) is 0 Å². The minimum atomic E-state index is 0.117. The van der Waals surface area contributed by atoms with Gasteiger partial charge in [-0.25, -0.2) is 4.98 Å². The zero-order chi connectivity index (χ0) is 13.1. The molecular formula is C13H15ClN2O2. The van der Waals surface area contributed by atoms with Gasteiger partial charge in [-0.1, -0.05) is 23.7 Å². The van der Waals surface area contributed by atoms with Crippen molar-refractivity contribution in [2.24, 2.45) is 0 Å². The van der Waals surface area contributed by atoms with Crippen molar-refractivity contribution in [2.45, 2.75) is 26.9 Å². The molecule has 0 fully saturated rings. The van der Waals surface area contributed by atoms with Crippen molar-refractivity contribution in [1.82, 2.24) is 10.3 Å². The number of aryl methyl sites for hydroxylation is 2. The zero-order valence-electron chi connectivity index (χ0n) is 10.3. The van der Waals surface area contributed by atoms with E-state index in [1.165, 1.54) is 0 Å². The van der Waals surface area contributed by atoms with E-state index in [2.05, 4.69) is 10.3 Å². The normalized spacial score (nSPS) is 10.8. The summed E-state index contributed by atoms with van der Waals surface area (Å²) in [5, 5.41) is 13.2. The second kappa shape index (κ2) is 5.42. The van der Waals surface area contributed by atoms with Gasteiger partial charge < -0.3 is 14.8 Å². The van der Waals surface area contributed by atoms with Crippen LogP contribution in [-0.2, 0) is 13.1 Å². The number of oxazole rings is 1. The zero-order valence-corrected chi connectivity index (χ0v) is 11.1. The number of para-hydroxylation sites is 1. The summed E-state index contributed by atoms with van der Waals surface area (Å²) in [6, 6.07) is 5.28. The maximum Gasteiger partial charge on any atom is 0.208 e. The van der Waals surface area contributed by atoms with Gasteiger partial charge >= 0.3 is 0 Å². The van der Waals surface area contributed by atoms with Crippen molar-refractivity contribution in [1.29, 1.82) is 0 Å². The second-order valence-corrected chi connectivity index (χ2v) is 4.51. The first-order chi connectivity index (χ1) is 8.58. The summed E-state index contributed by atoms with van der Waals surface area (Å²) in [5.74, 6) is 1.59. The number of aromatic hydroxyl groups is 1. The molecule has 2 rings (SSSR count). The Balaban J connectivity index is 1.94. The Morgan fingerprint density at radius 2 is 2.11 bits per heavy atom. The van der Waals surface area contributed by atoms with Crippen molar-refractivity contribution in [3.05, 3.63) is 46.1 Å². The van der Waals surface area contributed by atoms with Crippen molar-refractivity contribution in [3.8, 4) is 5.75 Å². The molecule has 0 aliphatic heterocycles. The lowest BCUT2D eigenvalue weighted by atomic mass is 10.2. The van der Waals surface area contributed by atoms with Crippen molar-refractivity contribution in [3.63, 3.8) is 0 Å². The second-order valence-electron chi connectivity index (χ2n) is 4.10. The minimum absolute atomic E-state index is 0.117. The van der Waals surface area contributed by atoms with Crippen molar-refractivity contribution < 1.29 is 9.52 Å². The topological polar surface area (TPSA) is 58.3 Å². The Labute approximate surface area is 111 Å². The summed E-state index contributed by atoms with van der Waals surface area (Å²) >= 11 is 5.83. The molecule has 1 aromatic carbocycles. The molecule has 0 radical (unpaired) electrons. The lowest BCUT2D eigenvalue weighted by Crippen LogP contribution is -2.13. The van der Waals surface area contributed by atoms with Crippen molar-refractivity contribution >= 4 is 11.6 Å². The summed E-state index contributed by atoms with van der Waals surface area (Å²) in [4.78, 5) is 4.26. The predicted octanol–water partition coefficient (Wildman–Crippen LogP) is 2.94. The lowest BCUT2D eigenvalue weighted by molar-refractivity contribution is 0.440. The predicted molar refractivity (Wildman–Crippen MR) is 69.6 cm³/mol. The third-order valence-corrected chi connectivity index (χ3v) is 3.04. The van der Waals surface area contributed by atoms with Crippen LogP contribution < -0.4 is 5.32 Å². The number of phenols is 1. The number of nitrogens with zero attached hydrogens (tertiary/aromatic N) is 1. The lowest BCUT2D eigenvalue weighted by Gasteiger charge is -2.06. The van der Waals surface area contributed by atoms with E-state index in [0.29, 0.717) is 24.0 Å². The standard InChI is InChI=1S/C13H15ClN2O2/c1-8-9(2)18-12(16-8)7-15-6-10-4-3-5-11(14)13(10)17/h3-5,15,17H,6-7H2,1-2H3. The maximum absolute atomic E-state index is 9.73. The van der Waals surface area contributed by atoms with E-state index in [9.17, 15) is 5.11 Å². The molecule has 5 heteroatoms. The third kappa shape index (κ3) is 2.83. The molecule has 2 N–H and O–H groups in total. The molecule has 96 valence electrons. The Hall–Kier alpha value is -1.52. The Kier molecular flexibility index (Phi) is 3.89. The molecule has 1 heterocycles. The molecule has 2 aromatic rings. The molecule has 0 bridgehead atoms. The molecule has 18 heavy (non-hydrogen) atoms. The van der Waals surface area contributed by atoms with Crippen LogP contribution >= 0.6 is 11.6 Å². The van der Waals surface area contributed by atoms with Crippen LogP contribution in [0.5, 0.6) is 5.75 Å². The van der Waals surface area contributed by atoms with Crippen LogP contribution in [0.3, 0.4) is 0 Å². The summed E-state index contributed by atoms with van der Waals surface area (Å²) in [6.07, 6.45) is 0. The third-order valence-electron chi connectivity index (χ3n) is 2.73. The highest BCUT2D eigenvalue weighted by atomic mass is 35.5. The number of halogens is 1. The molecule has 0 unspecified atom stereocenters. The van der Waals surface area contributed by atoms with Crippen LogP contribution in [-0.4, -0.2) is 10.1 Å². The van der Waals surface area contributed by atoms with Crippen LogP contribution in [0.1, 0.15) is 22.9 Å². The van der Waals surface area contributed by atoms with Gasteiger partial charge in [0.25, 0.3) is 0 Å². The van der Waals surface area contributed by atoms with Gasteiger partial charge in [0.05, 0.1) is 17.3 Å². The number of rotatable bonds is 4. The van der Waals surface area contributed by atoms with E-state index in [1.807, 2.05) is 19.9 Å². The van der Waals surface area contributed by atoms with Gasteiger partial charge in [0.2, 0.25) is 5.89 Å². The van der Waals surface area contributed by atoms with Crippen LogP contribution in [0.2, 0.25) is 5.02 Å². The fourth-order valence-electron chi connectivity index (χ4n) is 1.62. The highest BCUT2D eigenvalue weighted by molar-refractivity contribution is 6.32. The smallest absolute Gasteiger partial charge is 0.208 e. The molecule has 0 aliphatic carbocycles. The van der Waals surface area contributed by atoms with E-state index < -0.39 is 0 Å². The number of hydrogen-bond donors (Lipinski definition) is 2. The minimum Gasteiger partial charge on any atom is -0.506 e. The van der Waals surface area contributed by atoms with Gasteiger partial charge in [-0.05, 0) is 19.9 Å². The highest BCUT2D eigenvalue weighted by Crippen LogP contribution is 2.26. The number of aromatic nitrogens is 1. The molecule has 0 saturated carbocycles. The summed E-state index contributed by atoms with van der Waals surface area (Å²) < 4.78 is 5.44. The highest BCUT2D eigenvalue weighted by Gasteiger charge is 2.07. The largest absolute Gasteiger partial charge is 0.506 e. The van der Waals surface area contributed by atoms with Gasteiger partial charge in [0, 0.05) is 12.1 Å². The Morgan fingerprint density at radius 3 is 2.78 bits per heavy atom. The first-order valence-corrected chi connectivity index (χ1v) is 6.05. The van der Waals surface area contributed by atoms with Crippen LogP contribution in [0, 0.1) is 13.8 Å². The van der Waals surface area contributed by atoms with Crippen LogP contribution in [0.4, 0.5) is 0 Å². The maximum atomic E-state index is 9.73. The van der Waals surface area contributed by atoms with E-state index in [0.717, 1.165) is 17.0 Å². The SMILES string of the molecule is Cc1nc(CNCc2cccc(Cl)c2O)oc1C. The molecule has 4 nitrogen and oxygen atoms in total. The van der Waals surface area contributed by atoms with Gasteiger partial charge in [0.15, 0.2) is 0 Å². The molecule has 0 atom stereocenters. The van der Waals surface area contributed by atoms with Gasteiger partial charge in [-0.2, -0.15) is 0 Å². The molecule has 0 saturated heterocycles. The van der Waals surface area contributed by atoms with Gasteiger partial charge in [-0.15, -0.1) is 0 Å². The molecular weight excluding hydrogens is 252 g/mol. The monoisotopic (exact) mass is 266 g/mol. The van der Waals surface area contributed by atoms with Crippen LogP contribution in [0.25, 0.3) is 0 Å². The summed E-state index contributed by atoms with van der Waals surface area (Å²) in [5.41, 5.74) is 1.65.